The fraction of sp³-hybridized carbons (Fsp3) is 0. The zero-order chi connectivity index (χ0) is 14.3. The van der Waals surface area contributed by atoms with Crippen molar-refractivity contribution in [1.29, 1.82) is 0 Å². The van der Waals surface area contributed by atoms with Gasteiger partial charge in [-0.2, -0.15) is 0 Å². The largest absolute Gasteiger partial charge is 0.507 e. The van der Waals surface area contributed by atoms with E-state index in [4.69, 9.17) is 11.6 Å². The summed E-state index contributed by atoms with van der Waals surface area (Å²) < 4.78 is 13.4. The van der Waals surface area contributed by atoms with Gasteiger partial charge in [0, 0.05) is 12.1 Å². The Morgan fingerprint density at radius 3 is 2.58 bits per heavy atom. The molecule has 0 spiro atoms. The van der Waals surface area contributed by atoms with Gasteiger partial charge in [-0.15, -0.1) is 0 Å². The molecule has 0 aliphatic heterocycles. The number of aromatic hydroxyl groups is 1. The Balaban J connectivity index is 3.23. The van der Waals surface area contributed by atoms with E-state index in [1.54, 1.807) is 0 Å². The van der Waals surface area contributed by atoms with Gasteiger partial charge in [-0.05, 0) is 0 Å². The van der Waals surface area contributed by atoms with Crippen LogP contribution in [0, 0.1) is 15.9 Å². The molecular weight excluding hydrogens is 283 g/mol. The zero-order valence-corrected chi connectivity index (χ0v) is 9.69. The highest BCUT2D eigenvalue weighted by atomic mass is 35.5. The van der Waals surface area contributed by atoms with Crippen LogP contribution >= 0.6 is 11.6 Å². The van der Waals surface area contributed by atoms with Crippen molar-refractivity contribution in [3.8, 4) is 5.75 Å². The van der Waals surface area contributed by atoms with Gasteiger partial charge >= 0.3 is 5.69 Å². The number of benzene rings is 1. The standard InChI is InChI=1S/C10H4ClFN2O5/c11-8-3(12)1-4-7(9(8)14(18)19)5(15)2-6(16)10(17)13-4/h1-2,15H,(H,13,16,17). The summed E-state index contributed by atoms with van der Waals surface area (Å²) >= 11 is 5.46. The van der Waals surface area contributed by atoms with Gasteiger partial charge in [-0.3, -0.25) is 19.7 Å². The van der Waals surface area contributed by atoms with Gasteiger partial charge in [-0.25, -0.2) is 4.39 Å². The number of nitro benzene ring substituents is 1. The molecule has 2 aromatic rings. The van der Waals surface area contributed by atoms with Crippen LogP contribution in [0.25, 0.3) is 10.9 Å². The maximum absolute atomic E-state index is 13.4. The molecule has 0 aliphatic carbocycles. The highest BCUT2D eigenvalue weighted by Crippen LogP contribution is 2.37. The van der Waals surface area contributed by atoms with Crippen molar-refractivity contribution in [2.24, 2.45) is 0 Å². The summed E-state index contributed by atoms with van der Waals surface area (Å²) in [6, 6.07) is 1.19. The van der Waals surface area contributed by atoms with Crippen LogP contribution in [0.3, 0.4) is 0 Å². The first-order chi connectivity index (χ1) is 8.82. The maximum Gasteiger partial charge on any atom is 0.303 e. The van der Waals surface area contributed by atoms with Crippen molar-refractivity contribution in [1.82, 2.24) is 4.98 Å². The smallest absolute Gasteiger partial charge is 0.303 e. The van der Waals surface area contributed by atoms with Crippen LogP contribution in [-0.2, 0) is 0 Å². The van der Waals surface area contributed by atoms with E-state index in [9.17, 15) is 29.2 Å². The first-order valence-electron chi connectivity index (χ1n) is 4.75. The average molecular weight is 287 g/mol. The Hall–Kier alpha value is -2.48. The number of hydrogen-bond acceptors (Lipinski definition) is 5. The van der Waals surface area contributed by atoms with Gasteiger partial charge in [0.1, 0.15) is 11.1 Å². The average Bonchev–Trinajstić information content (AvgIpc) is 2.40. The number of nitrogens with zero attached hydrogens (tertiary/aromatic N) is 1. The molecule has 0 aliphatic rings. The summed E-state index contributed by atoms with van der Waals surface area (Å²) in [7, 11) is 0. The second-order valence-corrected chi connectivity index (χ2v) is 3.93. The first kappa shape index (κ1) is 13.0. The summed E-state index contributed by atoms with van der Waals surface area (Å²) in [5.74, 6) is -2.00. The molecule has 2 rings (SSSR count). The molecule has 2 N–H and O–H groups in total. The molecular formula is C10H4ClFN2O5. The topological polar surface area (TPSA) is 113 Å². The summed E-state index contributed by atoms with van der Waals surface area (Å²) in [6.07, 6.45) is 0. The van der Waals surface area contributed by atoms with Crippen LogP contribution in [0.1, 0.15) is 0 Å². The van der Waals surface area contributed by atoms with E-state index < -0.39 is 49.1 Å². The Labute approximate surface area is 108 Å². The van der Waals surface area contributed by atoms with Crippen molar-refractivity contribution in [3.05, 3.63) is 53.7 Å². The van der Waals surface area contributed by atoms with Crippen LogP contribution < -0.4 is 11.0 Å². The fourth-order valence-corrected chi connectivity index (χ4v) is 1.81. The molecule has 98 valence electrons. The predicted molar refractivity (Wildman–Crippen MR) is 64.1 cm³/mol. The Morgan fingerprint density at radius 2 is 2.00 bits per heavy atom. The minimum atomic E-state index is -1.16. The van der Waals surface area contributed by atoms with Crippen LogP contribution in [0.4, 0.5) is 10.1 Å². The number of aromatic amines is 1. The second kappa shape index (κ2) is 4.32. The van der Waals surface area contributed by atoms with Crippen molar-refractivity contribution in [2.75, 3.05) is 0 Å². The molecule has 19 heavy (non-hydrogen) atoms. The number of H-pyrrole nitrogens is 1. The van der Waals surface area contributed by atoms with Gasteiger partial charge < -0.3 is 10.1 Å². The summed E-state index contributed by atoms with van der Waals surface area (Å²) in [4.78, 5) is 34.3. The summed E-state index contributed by atoms with van der Waals surface area (Å²) in [6.45, 7) is 0. The number of rotatable bonds is 1. The van der Waals surface area contributed by atoms with Crippen molar-refractivity contribution < 1.29 is 14.4 Å². The highest BCUT2D eigenvalue weighted by Gasteiger charge is 2.24. The molecule has 9 heteroatoms. The van der Waals surface area contributed by atoms with Gasteiger partial charge in [0.05, 0.1) is 10.4 Å². The molecule has 0 saturated carbocycles. The number of halogens is 2. The Morgan fingerprint density at radius 1 is 1.37 bits per heavy atom. The zero-order valence-electron chi connectivity index (χ0n) is 8.94. The summed E-state index contributed by atoms with van der Waals surface area (Å²) in [5.41, 5.74) is -3.61. The van der Waals surface area contributed by atoms with Crippen LogP contribution in [0.15, 0.2) is 21.7 Å². The van der Waals surface area contributed by atoms with E-state index in [-0.39, 0.29) is 0 Å². The highest BCUT2D eigenvalue weighted by molar-refractivity contribution is 6.34. The number of hydrogen-bond donors (Lipinski definition) is 2. The Kier molecular flexibility index (Phi) is 2.95. The molecule has 0 fully saturated rings. The van der Waals surface area contributed by atoms with E-state index in [0.717, 1.165) is 0 Å². The minimum Gasteiger partial charge on any atom is -0.507 e. The third kappa shape index (κ3) is 2.02. The lowest BCUT2D eigenvalue weighted by molar-refractivity contribution is -0.383. The van der Waals surface area contributed by atoms with E-state index in [1.807, 2.05) is 4.98 Å². The molecule has 0 radical (unpaired) electrons. The molecule has 1 aromatic carbocycles. The van der Waals surface area contributed by atoms with Crippen molar-refractivity contribution in [3.63, 3.8) is 0 Å². The number of aromatic nitrogens is 1. The SMILES string of the molecule is O=c1cc(O)c2c([N+](=O)[O-])c(Cl)c(F)cc2[nH]c1=O. The lowest BCUT2D eigenvalue weighted by atomic mass is 10.2. The first-order valence-corrected chi connectivity index (χ1v) is 5.13. The minimum absolute atomic E-state index is 0.404. The second-order valence-electron chi connectivity index (χ2n) is 3.55. The molecule has 0 amide bonds. The van der Waals surface area contributed by atoms with E-state index in [2.05, 4.69) is 0 Å². The third-order valence-electron chi connectivity index (χ3n) is 2.37. The van der Waals surface area contributed by atoms with Gasteiger partial charge in [0.25, 0.3) is 5.56 Å². The van der Waals surface area contributed by atoms with E-state index >= 15 is 0 Å². The van der Waals surface area contributed by atoms with Gasteiger partial charge in [-0.1, -0.05) is 11.6 Å². The van der Waals surface area contributed by atoms with Crippen molar-refractivity contribution in [2.45, 2.75) is 0 Å². The monoisotopic (exact) mass is 286 g/mol. The number of nitro groups is 1. The normalized spacial score (nSPS) is 10.6. The molecule has 0 saturated heterocycles. The third-order valence-corrected chi connectivity index (χ3v) is 2.73. The number of fused-ring (bicyclic) bond motifs is 1. The maximum atomic E-state index is 13.4. The molecule has 1 aromatic heterocycles. The molecule has 0 atom stereocenters. The predicted octanol–water partition coefficient (Wildman–Crippen LogP) is 1.29. The lowest BCUT2D eigenvalue weighted by Gasteiger charge is -2.01. The fourth-order valence-electron chi connectivity index (χ4n) is 1.59. The van der Waals surface area contributed by atoms with Crippen LogP contribution in [-0.4, -0.2) is 15.0 Å². The van der Waals surface area contributed by atoms with Crippen molar-refractivity contribution >= 4 is 28.2 Å². The van der Waals surface area contributed by atoms with E-state index in [0.29, 0.717) is 12.1 Å². The Bertz CT molecular complexity index is 833. The molecule has 0 unspecified atom stereocenters. The van der Waals surface area contributed by atoms with Crippen LogP contribution in [0.2, 0.25) is 5.02 Å². The van der Waals surface area contributed by atoms with Crippen LogP contribution in [0.5, 0.6) is 5.75 Å². The molecule has 7 nitrogen and oxygen atoms in total. The number of nitrogens with one attached hydrogen (secondary N) is 1. The quantitative estimate of drug-likeness (QED) is 0.466. The summed E-state index contributed by atoms with van der Waals surface area (Å²) in [5, 5.41) is 19.2. The van der Waals surface area contributed by atoms with Gasteiger partial charge in [0.2, 0.25) is 5.43 Å². The lowest BCUT2D eigenvalue weighted by Crippen LogP contribution is -2.22. The molecule has 0 bridgehead atoms. The van der Waals surface area contributed by atoms with E-state index in [1.165, 1.54) is 0 Å². The van der Waals surface area contributed by atoms with Gasteiger partial charge in [0.15, 0.2) is 10.8 Å². The molecule has 1 heterocycles.